The van der Waals surface area contributed by atoms with Gasteiger partial charge in [0.2, 0.25) is 5.95 Å². The fourth-order valence-corrected chi connectivity index (χ4v) is 1.49. The van der Waals surface area contributed by atoms with Crippen LogP contribution in [0.1, 0.15) is 5.56 Å². The zero-order valence-electron chi connectivity index (χ0n) is 10.3. The average molecular weight is 250 g/mol. The van der Waals surface area contributed by atoms with E-state index in [4.69, 9.17) is 0 Å². The summed E-state index contributed by atoms with van der Waals surface area (Å²) in [6.07, 6.45) is 5.56. The van der Waals surface area contributed by atoms with Gasteiger partial charge in [0.05, 0.1) is 12.4 Å². The van der Waals surface area contributed by atoms with Crippen LogP contribution < -0.4 is 10.2 Å². The summed E-state index contributed by atoms with van der Waals surface area (Å²) in [4.78, 5) is 9.60. The summed E-state index contributed by atoms with van der Waals surface area (Å²) < 4.78 is 13.4. The minimum atomic E-state index is -0.430. The van der Waals surface area contributed by atoms with Crippen molar-refractivity contribution in [3.05, 3.63) is 30.0 Å². The average Bonchev–Trinajstić information content (AvgIpc) is 2.84. The second-order valence-corrected chi connectivity index (χ2v) is 4.04. The topological polar surface area (TPSA) is 69.7 Å². The van der Waals surface area contributed by atoms with Gasteiger partial charge in [0.1, 0.15) is 0 Å². The predicted molar refractivity (Wildman–Crippen MR) is 67.1 cm³/mol. The molecule has 0 amide bonds. The molecule has 18 heavy (non-hydrogen) atoms. The summed E-state index contributed by atoms with van der Waals surface area (Å²) in [5.41, 5.74) is 1.09. The highest BCUT2D eigenvalue weighted by Crippen LogP contribution is 2.14. The minimum absolute atomic E-state index is 0.274. The van der Waals surface area contributed by atoms with Crippen molar-refractivity contribution in [3.63, 3.8) is 0 Å². The van der Waals surface area contributed by atoms with Gasteiger partial charge in [0, 0.05) is 26.8 Å². The molecule has 2 aromatic rings. The largest absolute Gasteiger partial charge is 0.360 e. The van der Waals surface area contributed by atoms with Gasteiger partial charge in [-0.05, 0) is 12.0 Å². The summed E-state index contributed by atoms with van der Waals surface area (Å²) in [5.74, 6) is 0.264. The van der Waals surface area contributed by atoms with Gasteiger partial charge in [-0.1, -0.05) is 0 Å². The van der Waals surface area contributed by atoms with E-state index in [1.54, 1.807) is 25.2 Å². The van der Waals surface area contributed by atoms with Gasteiger partial charge in [-0.15, -0.1) is 0 Å². The standard InChI is InChI=1S/C11H15FN6/c1-18(2)10-9(12)7-14-11(17-10)13-4-3-8-5-15-16-6-8/h5-7H,3-4H2,1-2H3,(H,15,16)(H,13,14,17). The molecule has 0 aliphatic heterocycles. The van der Waals surface area contributed by atoms with E-state index >= 15 is 0 Å². The Hall–Kier alpha value is -2.18. The fraction of sp³-hybridized carbons (Fsp3) is 0.364. The highest BCUT2D eigenvalue weighted by molar-refractivity contribution is 5.42. The monoisotopic (exact) mass is 250 g/mol. The third-order valence-corrected chi connectivity index (χ3v) is 2.40. The van der Waals surface area contributed by atoms with Crippen LogP contribution in [0.5, 0.6) is 0 Å². The maximum atomic E-state index is 13.4. The van der Waals surface area contributed by atoms with Crippen LogP contribution in [-0.2, 0) is 6.42 Å². The molecule has 0 spiro atoms. The van der Waals surface area contributed by atoms with Gasteiger partial charge in [0.25, 0.3) is 0 Å². The lowest BCUT2D eigenvalue weighted by Gasteiger charge is -2.13. The Morgan fingerprint density at radius 2 is 2.22 bits per heavy atom. The first-order valence-electron chi connectivity index (χ1n) is 5.58. The van der Waals surface area contributed by atoms with Gasteiger partial charge in [-0.3, -0.25) is 5.10 Å². The Kier molecular flexibility index (Phi) is 3.71. The maximum absolute atomic E-state index is 13.4. The number of nitrogens with zero attached hydrogens (tertiary/aromatic N) is 4. The summed E-state index contributed by atoms with van der Waals surface area (Å²) >= 11 is 0. The number of aromatic amines is 1. The lowest BCUT2D eigenvalue weighted by Crippen LogP contribution is -2.15. The number of anilines is 2. The molecule has 0 fully saturated rings. The van der Waals surface area contributed by atoms with Crippen LogP contribution in [0.3, 0.4) is 0 Å². The van der Waals surface area contributed by atoms with Crippen molar-refractivity contribution in [3.8, 4) is 0 Å². The maximum Gasteiger partial charge on any atom is 0.224 e. The second-order valence-electron chi connectivity index (χ2n) is 4.04. The van der Waals surface area contributed by atoms with Crippen molar-refractivity contribution in [2.24, 2.45) is 0 Å². The zero-order chi connectivity index (χ0) is 13.0. The van der Waals surface area contributed by atoms with E-state index < -0.39 is 5.82 Å². The number of aromatic nitrogens is 4. The molecule has 2 aromatic heterocycles. The number of halogens is 1. The van der Waals surface area contributed by atoms with Crippen LogP contribution in [0.15, 0.2) is 18.6 Å². The van der Waals surface area contributed by atoms with Crippen molar-refractivity contribution in [2.45, 2.75) is 6.42 Å². The highest BCUT2D eigenvalue weighted by atomic mass is 19.1. The third kappa shape index (κ3) is 2.93. The molecule has 6 nitrogen and oxygen atoms in total. The molecule has 2 rings (SSSR count). The molecule has 0 unspecified atom stereocenters. The van der Waals surface area contributed by atoms with E-state index in [1.165, 1.54) is 6.20 Å². The first-order chi connectivity index (χ1) is 8.66. The van der Waals surface area contributed by atoms with Gasteiger partial charge >= 0.3 is 0 Å². The number of rotatable bonds is 5. The molecule has 2 N–H and O–H groups in total. The Labute approximate surface area is 104 Å². The Morgan fingerprint density at radius 3 is 2.89 bits per heavy atom. The Bertz CT molecular complexity index is 496. The first kappa shape index (κ1) is 12.3. The molecule has 0 radical (unpaired) electrons. The van der Waals surface area contributed by atoms with E-state index in [9.17, 15) is 4.39 Å². The lowest BCUT2D eigenvalue weighted by molar-refractivity contribution is 0.612. The normalized spacial score (nSPS) is 10.4. The molecule has 0 bridgehead atoms. The van der Waals surface area contributed by atoms with Gasteiger partial charge in [0.15, 0.2) is 11.6 Å². The second kappa shape index (κ2) is 5.44. The minimum Gasteiger partial charge on any atom is -0.360 e. The molecular weight excluding hydrogens is 235 g/mol. The predicted octanol–water partition coefficient (Wildman–Crippen LogP) is 1.06. The van der Waals surface area contributed by atoms with Gasteiger partial charge in [-0.25, -0.2) is 9.37 Å². The fourth-order valence-electron chi connectivity index (χ4n) is 1.49. The van der Waals surface area contributed by atoms with E-state index in [1.807, 2.05) is 6.20 Å². The number of hydrogen-bond donors (Lipinski definition) is 2. The molecule has 0 saturated heterocycles. The van der Waals surface area contributed by atoms with Crippen molar-refractivity contribution in [1.82, 2.24) is 20.2 Å². The Morgan fingerprint density at radius 1 is 1.39 bits per heavy atom. The quantitative estimate of drug-likeness (QED) is 0.830. The lowest BCUT2D eigenvalue weighted by atomic mass is 10.2. The van der Waals surface area contributed by atoms with Crippen molar-refractivity contribution >= 4 is 11.8 Å². The molecule has 7 heteroatoms. The van der Waals surface area contributed by atoms with Crippen LogP contribution in [0.25, 0.3) is 0 Å². The van der Waals surface area contributed by atoms with Crippen LogP contribution in [-0.4, -0.2) is 40.8 Å². The molecule has 0 aliphatic carbocycles. The van der Waals surface area contributed by atoms with Crippen molar-refractivity contribution < 1.29 is 4.39 Å². The summed E-state index contributed by atoms with van der Waals surface area (Å²) in [7, 11) is 3.47. The SMILES string of the molecule is CN(C)c1nc(NCCc2cn[nH]c2)ncc1F. The van der Waals surface area contributed by atoms with E-state index in [-0.39, 0.29) is 5.82 Å². The summed E-state index contributed by atoms with van der Waals surface area (Å²) in [6, 6.07) is 0. The van der Waals surface area contributed by atoms with Gasteiger partial charge in [-0.2, -0.15) is 10.1 Å². The molecular formula is C11H15FN6. The zero-order valence-corrected chi connectivity index (χ0v) is 10.3. The number of H-pyrrole nitrogens is 1. The first-order valence-corrected chi connectivity index (χ1v) is 5.58. The van der Waals surface area contributed by atoms with Crippen molar-refractivity contribution in [2.75, 3.05) is 30.9 Å². The number of nitrogens with one attached hydrogen (secondary N) is 2. The van der Waals surface area contributed by atoms with E-state index in [2.05, 4.69) is 25.5 Å². The number of hydrogen-bond acceptors (Lipinski definition) is 5. The van der Waals surface area contributed by atoms with Crippen LogP contribution in [0.2, 0.25) is 0 Å². The van der Waals surface area contributed by atoms with E-state index in [0.717, 1.165) is 12.0 Å². The summed E-state index contributed by atoms with van der Waals surface area (Å²) in [5, 5.41) is 9.65. The Balaban J connectivity index is 1.95. The molecule has 96 valence electrons. The molecule has 0 aromatic carbocycles. The van der Waals surface area contributed by atoms with Gasteiger partial charge < -0.3 is 10.2 Å². The molecule has 0 saturated carbocycles. The summed E-state index contributed by atoms with van der Waals surface area (Å²) in [6.45, 7) is 0.665. The third-order valence-electron chi connectivity index (χ3n) is 2.40. The molecule has 0 atom stereocenters. The van der Waals surface area contributed by atoms with Crippen LogP contribution in [0, 0.1) is 5.82 Å². The van der Waals surface area contributed by atoms with Crippen molar-refractivity contribution in [1.29, 1.82) is 0 Å². The van der Waals surface area contributed by atoms with Crippen LogP contribution >= 0.6 is 0 Å². The van der Waals surface area contributed by atoms with Crippen LogP contribution in [0.4, 0.5) is 16.2 Å². The molecule has 2 heterocycles. The molecule has 0 aliphatic rings. The smallest absolute Gasteiger partial charge is 0.224 e. The highest BCUT2D eigenvalue weighted by Gasteiger charge is 2.08. The van der Waals surface area contributed by atoms with E-state index in [0.29, 0.717) is 12.5 Å².